The van der Waals surface area contributed by atoms with Gasteiger partial charge in [0.15, 0.2) is 0 Å². The van der Waals surface area contributed by atoms with Gasteiger partial charge in [-0.3, -0.25) is 0 Å². The molecule has 0 saturated heterocycles. The molecule has 0 radical (unpaired) electrons. The van der Waals surface area contributed by atoms with Gasteiger partial charge in [-0.25, -0.2) is 4.79 Å². The second kappa shape index (κ2) is 14.8. The Labute approximate surface area is 235 Å². The van der Waals surface area contributed by atoms with Gasteiger partial charge in [-0.2, -0.15) is 0 Å². The van der Waals surface area contributed by atoms with Crippen molar-refractivity contribution in [2.45, 2.75) is 132 Å². The Morgan fingerprint density at radius 1 is 0.868 bits per heavy atom. The number of hydrogen-bond acceptors (Lipinski definition) is 3. The molecule has 1 aromatic carbocycles. The van der Waals surface area contributed by atoms with Gasteiger partial charge >= 0.3 is 5.97 Å². The maximum absolute atomic E-state index is 13.0. The highest BCUT2D eigenvalue weighted by Crippen LogP contribution is 2.45. The maximum atomic E-state index is 13.0. The lowest BCUT2D eigenvalue weighted by molar-refractivity contribution is 0.0428. The van der Waals surface area contributed by atoms with Crippen LogP contribution in [0.2, 0.25) is 0 Å². The normalized spacial score (nSPS) is 28.9. The first-order valence-electron chi connectivity index (χ1n) is 16.2. The van der Waals surface area contributed by atoms with Crippen molar-refractivity contribution in [3.63, 3.8) is 0 Å². The highest BCUT2D eigenvalue weighted by Gasteiger charge is 2.42. The van der Waals surface area contributed by atoms with Crippen LogP contribution in [0.4, 0.5) is 5.69 Å². The van der Waals surface area contributed by atoms with Crippen molar-refractivity contribution < 1.29 is 9.53 Å². The Bertz CT molecular complexity index is 799. The number of unbranched alkanes of at least 4 members (excludes halogenated alkanes) is 1. The van der Waals surface area contributed by atoms with Crippen LogP contribution in [-0.2, 0) is 4.74 Å². The van der Waals surface area contributed by atoms with E-state index in [4.69, 9.17) is 4.74 Å². The van der Waals surface area contributed by atoms with Crippen molar-refractivity contribution in [2.24, 2.45) is 41.4 Å². The minimum atomic E-state index is -0.171. The van der Waals surface area contributed by atoms with E-state index in [1.165, 1.54) is 57.1 Å². The van der Waals surface area contributed by atoms with Crippen LogP contribution in [0.1, 0.15) is 130 Å². The Balaban J connectivity index is 1.88. The lowest BCUT2D eigenvalue weighted by atomic mass is 9.69. The van der Waals surface area contributed by atoms with Crippen LogP contribution in [0, 0.1) is 41.4 Å². The molecule has 2 aliphatic rings. The van der Waals surface area contributed by atoms with Crippen molar-refractivity contribution in [3.8, 4) is 0 Å². The standard InChI is InChI=1S/C35H59NO2/c1-9-11-12-28(10-2)23-38-35(37)29-15-17-30(18-16-29)36(33-21-26(7)13-19-31(33)24(3)4)34-22-27(8)14-20-32(34)25(5)6/h15-18,24-28,31-34H,9-14,19-23H2,1-8H3. The van der Waals surface area contributed by atoms with E-state index in [0.717, 1.165) is 36.5 Å². The third-order valence-electron chi connectivity index (χ3n) is 10.1. The molecule has 2 aliphatic carbocycles. The topological polar surface area (TPSA) is 29.5 Å². The van der Waals surface area contributed by atoms with Crippen molar-refractivity contribution in [2.75, 3.05) is 11.5 Å². The monoisotopic (exact) mass is 525 g/mol. The molecule has 7 unspecified atom stereocenters. The van der Waals surface area contributed by atoms with Gasteiger partial charge in [0, 0.05) is 17.8 Å². The minimum Gasteiger partial charge on any atom is -0.462 e. The summed E-state index contributed by atoms with van der Waals surface area (Å²) in [6, 6.07) is 9.67. The summed E-state index contributed by atoms with van der Waals surface area (Å²) in [6.07, 6.45) is 12.5. The maximum Gasteiger partial charge on any atom is 0.338 e. The van der Waals surface area contributed by atoms with Gasteiger partial charge in [0.2, 0.25) is 0 Å². The highest BCUT2D eigenvalue weighted by atomic mass is 16.5. The van der Waals surface area contributed by atoms with Crippen LogP contribution in [0.15, 0.2) is 24.3 Å². The summed E-state index contributed by atoms with van der Waals surface area (Å²) in [6.45, 7) is 19.6. The summed E-state index contributed by atoms with van der Waals surface area (Å²) in [7, 11) is 0. The van der Waals surface area contributed by atoms with Crippen LogP contribution >= 0.6 is 0 Å². The second-order valence-corrected chi connectivity index (χ2v) is 13.8. The fraction of sp³-hybridized carbons (Fsp3) is 0.800. The first-order valence-corrected chi connectivity index (χ1v) is 16.2. The molecule has 0 spiro atoms. The predicted octanol–water partition coefficient (Wildman–Crippen LogP) is 9.79. The second-order valence-electron chi connectivity index (χ2n) is 13.8. The molecule has 1 aromatic rings. The summed E-state index contributed by atoms with van der Waals surface area (Å²) >= 11 is 0. The lowest BCUT2D eigenvalue weighted by Gasteiger charge is -2.53. The molecule has 0 N–H and O–H groups in total. The molecule has 216 valence electrons. The van der Waals surface area contributed by atoms with E-state index in [1.54, 1.807) is 0 Å². The van der Waals surface area contributed by atoms with Crippen LogP contribution in [0.5, 0.6) is 0 Å². The first-order chi connectivity index (χ1) is 18.2. The summed E-state index contributed by atoms with van der Waals surface area (Å²) in [5, 5.41) is 0. The average Bonchev–Trinajstić information content (AvgIpc) is 2.89. The van der Waals surface area contributed by atoms with Crippen LogP contribution in [-0.4, -0.2) is 24.7 Å². The van der Waals surface area contributed by atoms with Gasteiger partial charge in [-0.15, -0.1) is 0 Å². The van der Waals surface area contributed by atoms with Gasteiger partial charge in [-0.05, 0) is 97.8 Å². The van der Waals surface area contributed by atoms with E-state index in [2.05, 4.69) is 72.4 Å². The molecule has 2 fully saturated rings. The quantitative estimate of drug-likeness (QED) is 0.254. The molecule has 0 aliphatic heterocycles. The zero-order valence-electron chi connectivity index (χ0n) is 26.0. The highest BCUT2D eigenvalue weighted by molar-refractivity contribution is 5.89. The molecular weight excluding hydrogens is 466 g/mol. The molecule has 3 nitrogen and oxygen atoms in total. The van der Waals surface area contributed by atoms with Crippen molar-refractivity contribution in [1.29, 1.82) is 0 Å². The fourth-order valence-electron chi connectivity index (χ4n) is 7.52. The van der Waals surface area contributed by atoms with Crippen molar-refractivity contribution >= 4 is 11.7 Å². The fourth-order valence-corrected chi connectivity index (χ4v) is 7.52. The summed E-state index contributed by atoms with van der Waals surface area (Å²) in [5.74, 6) is 4.63. The zero-order valence-corrected chi connectivity index (χ0v) is 26.0. The SMILES string of the molecule is CCCCC(CC)COC(=O)c1ccc(N(C2CC(C)CCC2C(C)C)C2CC(C)CCC2C(C)C)cc1. The number of ether oxygens (including phenoxy) is 1. The van der Waals surface area contributed by atoms with Gasteiger partial charge in [0.25, 0.3) is 0 Å². The van der Waals surface area contributed by atoms with Gasteiger partial charge in [0.1, 0.15) is 0 Å². The number of esters is 1. The summed E-state index contributed by atoms with van der Waals surface area (Å²) in [5.41, 5.74) is 2.00. The molecule has 0 heterocycles. The number of nitrogens with zero attached hydrogens (tertiary/aromatic N) is 1. The number of rotatable bonds is 12. The Hall–Kier alpha value is -1.51. The van der Waals surface area contributed by atoms with E-state index in [0.29, 0.717) is 42.0 Å². The first kappa shape index (κ1) is 31.0. The van der Waals surface area contributed by atoms with Crippen LogP contribution < -0.4 is 4.90 Å². The van der Waals surface area contributed by atoms with Crippen LogP contribution in [0.3, 0.4) is 0 Å². The van der Waals surface area contributed by atoms with Crippen molar-refractivity contribution in [1.82, 2.24) is 0 Å². The van der Waals surface area contributed by atoms with E-state index >= 15 is 0 Å². The molecule has 3 rings (SSSR count). The third kappa shape index (κ3) is 8.01. The minimum absolute atomic E-state index is 0.171. The van der Waals surface area contributed by atoms with Crippen LogP contribution in [0.25, 0.3) is 0 Å². The number of anilines is 1. The summed E-state index contributed by atoms with van der Waals surface area (Å²) in [4.78, 5) is 15.8. The van der Waals surface area contributed by atoms with E-state index in [-0.39, 0.29) is 5.97 Å². The molecule has 2 saturated carbocycles. The van der Waals surface area contributed by atoms with Crippen molar-refractivity contribution in [3.05, 3.63) is 29.8 Å². The zero-order chi connectivity index (χ0) is 27.8. The predicted molar refractivity (Wildman–Crippen MR) is 163 cm³/mol. The van der Waals surface area contributed by atoms with E-state index in [1.807, 2.05) is 12.1 Å². The molecule has 7 atom stereocenters. The molecular formula is C35H59NO2. The number of carbonyl (C=O) groups excluding carboxylic acids is 1. The Morgan fingerprint density at radius 3 is 1.84 bits per heavy atom. The summed E-state index contributed by atoms with van der Waals surface area (Å²) < 4.78 is 5.78. The largest absolute Gasteiger partial charge is 0.462 e. The van der Waals surface area contributed by atoms with Gasteiger partial charge in [-0.1, -0.05) is 87.5 Å². The number of carbonyl (C=O) groups is 1. The average molecular weight is 526 g/mol. The Kier molecular flexibility index (Phi) is 12.0. The van der Waals surface area contributed by atoms with Gasteiger partial charge in [0.05, 0.1) is 12.2 Å². The number of benzene rings is 1. The molecule has 0 bridgehead atoms. The molecule has 38 heavy (non-hydrogen) atoms. The molecule has 3 heteroatoms. The Morgan fingerprint density at radius 2 is 1.39 bits per heavy atom. The van der Waals surface area contributed by atoms with E-state index < -0.39 is 0 Å². The molecule has 0 aromatic heterocycles. The van der Waals surface area contributed by atoms with E-state index in [9.17, 15) is 4.79 Å². The lowest BCUT2D eigenvalue weighted by Crippen LogP contribution is -2.55. The smallest absolute Gasteiger partial charge is 0.338 e. The number of hydrogen-bond donors (Lipinski definition) is 0. The third-order valence-corrected chi connectivity index (χ3v) is 10.1. The molecule has 0 amide bonds. The van der Waals surface area contributed by atoms with Gasteiger partial charge < -0.3 is 9.64 Å².